The highest BCUT2D eigenvalue weighted by atomic mass is 35.5. The number of hydrogen-bond acceptors (Lipinski definition) is 4. The highest BCUT2D eigenvalue weighted by Crippen LogP contribution is 2.23. The van der Waals surface area contributed by atoms with Gasteiger partial charge in [0.2, 0.25) is 0 Å². The summed E-state index contributed by atoms with van der Waals surface area (Å²) in [6.45, 7) is 4.04. The van der Waals surface area contributed by atoms with Gasteiger partial charge in [0, 0.05) is 12.2 Å². The fourth-order valence-electron chi connectivity index (χ4n) is 2.84. The Hall–Kier alpha value is -3.34. The quantitative estimate of drug-likeness (QED) is 0.571. The fourth-order valence-corrected chi connectivity index (χ4v) is 4.12. The number of nitrogens with one attached hydrogen (secondary N) is 2. The maximum Gasteiger partial charge on any atom is 0.261 e. The SMILES string of the molecule is Cc1ccc(NS(=O)(=O)c2ccc(Cl)c(C(=O)NCc3ccc(C#N)cc3)c2)cc1C. The van der Waals surface area contributed by atoms with Gasteiger partial charge in [0.05, 0.1) is 27.1 Å². The number of benzene rings is 3. The van der Waals surface area contributed by atoms with Crippen LogP contribution in [-0.4, -0.2) is 14.3 Å². The molecule has 3 aromatic carbocycles. The van der Waals surface area contributed by atoms with E-state index in [1.54, 1.807) is 36.4 Å². The van der Waals surface area contributed by atoms with Crippen molar-refractivity contribution in [3.8, 4) is 6.07 Å². The molecule has 2 N–H and O–H groups in total. The van der Waals surface area contributed by atoms with Gasteiger partial charge in [0.25, 0.3) is 15.9 Å². The molecule has 3 aromatic rings. The molecule has 0 heterocycles. The molecular weight excluding hydrogens is 434 g/mol. The van der Waals surface area contributed by atoms with Crippen LogP contribution in [0.3, 0.4) is 0 Å². The normalized spacial score (nSPS) is 10.9. The van der Waals surface area contributed by atoms with Crippen LogP contribution in [0.1, 0.15) is 32.6 Å². The van der Waals surface area contributed by atoms with Gasteiger partial charge in [-0.3, -0.25) is 9.52 Å². The van der Waals surface area contributed by atoms with Crippen molar-refractivity contribution in [3.05, 3.63) is 93.5 Å². The molecule has 0 aromatic heterocycles. The molecular formula is C23H20ClN3O3S. The van der Waals surface area contributed by atoms with Crippen LogP contribution >= 0.6 is 11.6 Å². The van der Waals surface area contributed by atoms with E-state index in [0.29, 0.717) is 11.3 Å². The maximum atomic E-state index is 12.8. The lowest BCUT2D eigenvalue weighted by Crippen LogP contribution is -2.23. The molecule has 6 nitrogen and oxygen atoms in total. The largest absolute Gasteiger partial charge is 0.348 e. The van der Waals surface area contributed by atoms with Crippen LogP contribution in [0.15, 0.2) is 65.6 Å². The second-order valence-corrected chi connectivity index (χ2v) is 9.13. The summed E-state index contributed by atoms with van der Waals surface area (Å²) in [5, 5.41) is 11.7. The first-order valence-corrected chi connectivity index (χ1v) is 11.2. The van der Waals surface area contributed by atoms with Gasteiger partial charge in [-0.15, -0.1) is 0 Å². The molecule has 31 heavy (non-hydrogen) atoms. The number of carbonyl (C=O) groups excluding carboxylic acids is 1. The lowest BCUT2D eigenvalue weighted by atomic mass is 10.1. The van der Waals surface area contributed by atoms with Crippen LogP contribution in [0, 0.1) is 25.2 Å². The second kappa shape index (κ2) is 9.21. The fraction of sp³-hybridized carbons (Fsp3) is 0.130. The first-order valence-electron chi connectivity index (χ1n) is 9.36. The Balaban J connectivity index is 1.78. The first-order chi connectivity index (χ1) is 14.7. The van der Waals surface area contributed by atoms with Crippen molar-refractivity contribution in [1.29, 1.82) is 5.26 Å². The third-order valence-electron chi connectivity index (χ3n) is 4.79. The second-order valence-electron chi connectivity index (χ2n) is 7.04. The van der Waals surface area contributed by atoms with Crippen molar-refractivity contribution >= 4 is 33.2 Å². The Morgan fingerprint density at radius 2 is 1.71 bits per heavy atom. The highest BCUT2D eigenvalue weighted by molar-refractivity contribution is 7.92. The van der Waals surface area contributed by atoms with E-state index in [1.165, 1.54) is 18.2 Å². The van der Waals surface area contributed by atoms with Crippen molar-refractivity contribution in [1.82, 2.24) is 5.32 Å². The lowest BCUT2D eigenvalue weighted by Gasteiger charge is -2.12. The minimum absolute atomic E-state index is 0.0540. The number of halogens is 1. The molecule has 0 radical (unpaired) electrons. The summed E-state index contributed by atoms with van der Waals surface area (Å²) in [5.41, 5.74) is 3.81. The molecule has 158 valence electrons. The zero-order valence-electron chi connectivity index (χ0n) is 16.9. The van der Waals surface area contributed by atoms with Gasteiger partial charge < -0.3 is 5.32 Å². The van der Waals surface area contributed by atoms with E-state index in [0.717, 1.165) is 16.7 Å². The Labute approximate surface area is 186 Å². The summed E-state index contributed by atoms with van der Waals surface area (Å²) >= 11 is 6.15. The minimum atomic E-state index is -3.91. The summed E-state index contributed by atoms with van der Waals surface area (Å²) in [5.74, 6) is -0.502. The van der Waals surface area contributed by atoms with Crippen LogP contribution in [0.2, 0.25) is 5.02 Å². The average Bonchev–Trinajstić information content (AvgIpc) is 2.75. The van der Waals surface area contributed by atoms with Crippen LogP contribution in [0.5, 0.6) is 0 Å². The van der Waals surface area contributed by atoms with Gasteiger partial charge >= 0.3 is 0 Å². The van der Waals surface area contributed by atoms with Gasteiger partial charge in [-0.25, -0.2) is 8.42 Å². The van der Waals surface area contributed by atoms with Crippen molar-refractivity contribution in [2.45, 2.75) is 25.3 Å². The third kappa shape index (κ3) is 5.43. The van der Waals surface area contributed by atoms with E-state index in [9.17, 15) is 13.2 Å². The van der Waals surface area contributed by atoms with Crippen LogP contribution < -0.4 is 10.0 Å². The summed E-state index contributed by atoms with van der Waals surface area (Å²) in [6, 6.07) is 18.0. The van der Waals surface area contributed by atoms with Crippen LogP contribution in [0.25, 0.3) is 0 Å². The summed E-state index contributed by atoms with van der Waals surface area (Å²) < 4.78 is 28.2. The monoisotopic (exact) mass is 453 g/mol. The Bertz CT molecular complexity index is 1280. The zero-order valence-corrected chi connectivity index (χ0v) is 18.5. The molecule has 0 spiro atoms. The van der Waals surface area contributed by atoms with E-state index < -0.39 is 15.9 Å². The van der Waals surface area contributed by atoms with Crippen LogP contribution in [0.4, 0.5) is 5.69 Å². The minimum Gasteiger partial charge on any atom is -0.348 e. The summed E-state index contributed by atoms with van der Waals surface area (Å²) in [4.78, 5) is 12.5. The molecule has 0 fully saturated rings. The van der Waals surface area contributed by atoms with Gasteiger partial charge in [-0.1, -0.05) is 29.8 Å². The molecule has 1 amide bonds. The van der Waals surface area contributed by atoms with Gasteiger partial charge in [0.1, 0.15) is 0 Å². The zero-order chi connectivity index (χ0) is 22.6. The maximum absolute atomic E-state index is 12.8. The van der Waals surface area contributed by atoms with E-state index in [2.05, 4.69) is 10.0 Å². The molecule has 0 unspecified atom stereocenters. The first kappa shape index (κ1) is 22.3. The Morgan fingerprint density at radius 1 is 1.00 bits per heavy atom. The number of hydrogen-bond donors (Lipinski definition) is 2. The number of rotatable bonds is 6. The number of nitriles is 1. The number of carbonyl (C=O) groups is 1. The average molecular weight is 454 g/mol. The van der Waals surface area contributed by atoms with E-state index in [4.69, 9.17) is 16.9 Å². The van der Waals surface area contributed by atoms with Gasteiger partial charge in [-0.05, 0) is 73.0 Å². The Morgan fingerprint density at radius 3 is 2.35 bits per heavy atom. The van der Waals surface area contributed by atoms with E-state index in [-0.39, 0.29) is 22.0 Å². The summed E-state index contributed by atoms with van der Waals surface area (Å²) in [7, 11) is -3.91. The molecule has 3 rings (SSSR count). The summed E-state index contributed by atoms with van der Waals surface area (Å²) in [6.07, 6.45) is 0. The molecule has 0 atom stereocenters. The van der Waals surface area contributed by atoms with Crippen molar-refractivity contribution in [2.24, 2.45) is 0 Å². The number of sulfonamides is 1. The molecule has 8 heteroatoms. The third-order valence-corrected chi connectivity index (χ3v) is 6.50. The Kier molecular flexibility index (Phi) is 6.64. The molecule has 0 aliphatic carbocycles. The number of amides is 1. The predicted octanol–water partition coefficient (Wildman–Crippen LogP) is 4.56. The van der Waals surface area contributed by atoms with E-state index in [1.807, 2.05) is 26.0 Å². The smallest absolute Gasteiger partial charge is 0.261 e. The van der Waals surface area contributed by atoms with Gasteiger partial charge in [-0.2, -0.15) is 5.26 Å². The molecule has 0 aliphatic rings. The highest BCUT2D eigenvalue weighted by Gasteiger charge is 2.19. The molecule has 0 aliphatic heterocycles. The molecule has 0 bridgehead atoms. The molecule has 0 saturated heterocycles. The number of aryl methyl sites for hydroxylation is 2. The van der Waals surface area contributed by atoms with Crippen LogP contribution in [-0.2, 0) is 16.6 Å². The standard InChI is InChI=1S/C23H20ClN3O3S/c1-15-3-8-19(11-16(15)2)27-31(29,30)20-9-10-22(24)21(12-20)23(28)26-14-18-6-4-17(13-25)5-7-18/h3-12,27H,14H2,1-2H3,(H,26,28). The van der Waals surface area contributed by atoms with Crippen molar-refractivity contribution in [3.63, 3.8) is 0 Å². The van der Waals surface area contributed by atoms with Crippen molar-refractivity contribution in [2.75, 3.05) is 4.72 Å². The number of nitrogens with zero attached hydrogens (tertiary/aromatic N) is 1. The van der Waals surface area contributed by atoms with E-state index >= 15 is 0 Å². The van der Waals surface area contributed by atoms with Crippen molar-refractivity contribution < 1.29 is 13.2 Å². The topological polar surface area (TPSA) is 99.1 Å². The molecule has 0 saturated carbocycles. The lowest BCUT2D eigenvalue weighted by molar-refractivity contribution is 0.0951. The predicted molar refractivity (Wildman–Crippen MR) is 121 cm³/mol. The number of anilines is 1. The van der Waals surface area contributed by atoms with Gasteiger partial charge in [0.15, 0.2) is 0 Å².